The van der Waals surface area contributed by atoms with Crippen molar-refractivity contribution in [1.82, 2.24) is 5.32 Å². The highest BCUT2D eigenvalue weighted by atomic mass is 35.5. The molecule has 1 aromatic rings. The number of hydrogen-bond acceptors (Lipinski definition) is 2. The number of aliphatic hydroxyl groups excluding tert-OH is 1. The van der Waals surface area contributed by atoms with Crippen molar-refractivity contribution in [1.29, 1.82) is 0 Å². The van der Waals surface area contributed by atoms with Crippen molar-refractivity contribution in [3.8, 4) is 0 Å². The van der Waals surface area contributed by atoms with Gasteiger partial charge in [-0.2, -0.15) is 0 Å². The van der Waals surface area contributed by atoms with E-state index in [1.165, 1.54) is 19.3 Å². The molecule has 1 unspecified atom stereocenters. The fourth-order valence-electron chi connectivity index (χ4n) is 5.65. The SMILES string of the molecule is O=C(NCC(O)c1cc(Cl)cc(Cl)c1)C12CC3CC(CC(C3)C1)C2. The highest BCUT2D eigenvalue weighted by Crippen LogP contribution is 2.60. The van der Waals surface area contributed by atoms with Crippen LogP contribution in [0.4, 0.5) is 0 Å². The van der Waals surface area contributed by atoms with Gasteiger partial charge in [0.1, 0.15) is 0 Å². The van der Waals surface area contributed by atoms with Gasteiger partial charge in [0, 0.05) is 22.0 Å². The molecule has 4 fully saturated rings. The zero-order valence-electron chi connectivity index (χ0n) is 13.6. The monoisotopic (exact) mass is 367 g/mol. The molecule has 24 heavy (non-hydrogen) atoms. The third-order valence-corrected chi connectivity index (χ3v) is 6.68. The van der Waals surface area contributed by atoms with Crippen molar-refractivity contribution in [3.63, 3.8) is 0 Å². The van der Waals surface area contributed by atoms with E-state index in [-0.39, 0.29) is 17.9 Å². The van der Waals surface area contributed by atoms with Crippen LogP contribution in [0.5, 0.6) is 0 Å². The third-order valence-electron chi connectivity index (χ3n) is 6.25. The largest absolute Gasteiger partial charge is 0.387 e. The lowest BCUT2D eigenvalue weighted by molar-refractivity contribution is -0.146. The number of rotatable bonds is 4. The second-order valence-corrected chi connectivity index (χ2v) is 9.00. The Morgan fingerprint density at radius 2 is 1.58 bits per heavy atom. The van der Waals surface area contributed by atoms with Crippen LogP contribution in [-0.2, 0) is 4.79 Å². The van der Waals surface area contributed by atoms with Crippen molar-refractivity contribution in [2.75, 3.05) is 6.54 Å². The summed E-state index contributed by atoms with van der Waals surface area (Å²) in [7, 11) is 0. The highest BCUT2D eigenvalue weighted by molar-refractivity contribution is 6.34. The average molecular weight is 368 g/mol. The van der Waals surface area contributed by atoms with Crippen LogP contribution in [0.1, 0.15) is 50.2 Å². The highest BCUT2D eigenvalue weighted by Gasteiger charge is 2.54. The van der Waals surface area contributed by atoms with E-state index in [1.807, 2.05) is 0 Å². The van der Waals surface area contributed by atoms with Gasteiger partial charge in [-0.15, -0.1) is 0 Å². The maximum atomic E-state index is 12.9. The quantitative estimate of drug-likeness (QED) is 0.830. The summed E-state index contributed by atoms with van der Waals surface area (Å²) in [5, 5.41) is 14.3. The first-order valence-electron chi connectivity index (χ1n) is 8.86. The van der Waals surface area contributed by atoms with Crippen molar-refractivity contribution < 1.29 is 9.90 Å². The van der Waals surface area contributed by atoms with E-state index < -0.39 is 6.10 Å². The normalized spacial score (nSPS) is 35.0. The first-order chi connectivity index (χ1) is 11.4. The molecule has 2 N–H and O–H groups in total. The van der Waals surface area contributed by atoms with E-state index in [2.05, 4.69) is 5.32 Å². The molecule has 0 heterocycles. The van der Waals surface area contributed by atoms with Crippen LogP contribution in [-0.4, -0.2) is 17.6 Å². The van der Waals surface area contributed by atoms with Crippen LogP contribution < -0.4 is 5.32 Å². The van der Waals surface area contributed by atoms with Gasteiger partial charge < -0.3 is 10.4 Å². The number of hydrogen-bond donors (Lipinski definition) is 2. The average Bonchev–Trinajstić information content (AvgIpc) is 2.50. The fraction of sp³-hybridized carbons (Fsp3) is 0.632. The zero-order chi connectivity index (χ0) is 16.9. The molecule has 0 spiro atoms. The molecule has 4 aliphatic rings. The number of aliphatic hydroxyl groups is 1. The molecular formula is C19H23Cl2NO2. The van der Waals surface area contributed by atoms with Gasteiger partial charge in [0.2, 0.25) is 5.91 Å². The Labute approximate surface area is 152 Å². The summed E-state index contributed by atoms with van der Waals surface area (Å²) in [6.07, 6.45) is 6.25. The maximum absolute atomic E-state index is 12.9. The van der Waals surface area contributed by atoms with Gasteiger partial charge in [-0.1, -0.05) is 23.2 Å². The molecule has 0 saturated heterocycles. The number of nitrogens with one attached hydrogen (secondary N) is 1. The zero-order valence-corrected chi connectivity index (χ0v) is 15.1. The second kappa shape index (κ2) is 6.19. The molecule has 1 amide bonds. The topological polar surface area (TPSA) is 49.3 Å². The van der Waals surface area contributed by atoms with E-state index in [1.54, 1.807) is 18.2 Å². The molecule has 5 heteroatoms. The number of benzene rings is 1. The van der Waals surface area contributed by atoms with Crippen molar-refractivity contribution in [3.05, 3.63) is 33.8 Å². The van der Waals surface area contributed by atoms with Gasteiger partial charge in [-0.3, -0.25) is 4.79 Å². The minimum atomic E-state index is -0.793. The molecule has 4 bridgehead atoms. The molecule has 0 aromatic heterocycles. The van der Waals surface area contributed by atoms with Crippen LogP contribution in [0.3, 0.4) is 0 Å². The first-order valence-corrected chi connectivity index (χ1v) is 9.61. The molecule has 4 aliphatic carbocycles. The molecule has 0 radical (unpaired) electrons. The van der Waals surface area contributed by atoms with Crippen LogP contribution in [0.25, 0.3) is 0 Å². The van der Waals surface area contributed by atoms with E-state index >= 15 is 0 Å². The number of carbonyl (C=O) groups excluding carboxylic acids is 1. The molecule has 5 rings (SSSR count). The Bertz CT molecular complexity index is 605. The molecular weight excluding hydrogens is 345 g/mol. The summed E-state index contributed by atoms with van der Waals surface area (Å²) in [5.41, 5.74) is 0.457. The lowest BCUT2D eigenvalue weighted by atomic mass is 9.49. The van der Waals surface area contributed by atoms with E-state index in [4.69, 9.17) is 23.2 Å². The maximum Gasteiger partial charge on any atom is 0.226 e. The summed E-state index contributed by atoms with van der Waals surface area (Å²) in [6.45, 7) is 0.206. The first kappa shape index (κ1) is 16.7. The fourth-order valence-corrected chi connectivity index (χ4v) is 6.19. The Kier molecular flexibility index (Phi) is 4.30. The lowest BCUT2D eigenvalue weighted by Crippen LogP contribution is -2.54. The summed E-state index contributed by atoms with van der Waals surface area (Å²) in [4.78, 5) is 12.9. The lowest BCUT2D eigenvalue weighted by Gasteiger charge is -2.55. The summed E-state index contributed by atoms with van der Waals surface area (Å²) < 4.78 is 0. The van der Waals surface area contributed by atoms with Crippen LogP contribution in [0, 0.1) is 23.2 Å². The van der Waals surface area contributed by atoms with Crippen LogP contribution >= 0.6 is 23.2 Å². The van der Waals surface area contributed by atoms with Gasteiger partial charge in [0.25, 0.3) is 0 Å². The molecule has 0 aliphatic heterocycles. The Morgan fingerprint density at radius 1 is 1.08 bits per heavy atom. The van der Waals surface area contributed by atoms with Crippen molar-refractivity contribution in [2.24, 2.45) is 23.2 Å². The Morgan fingerprint density at radius 3 is 2.08 bits per heavy atom. The smallest absolute Gasteiger partial charge is 0.226 e. The Balaban J connectivity index is 1.41. The third kappa shape index (κ3) is 3.07. The van der Waals surface area contributed by atoms with Gasteiger partial charge in [-0.05, 0) is 80.0 Å². The van der Waals surface area contributed by atoms with Crippen LogP contribution in [0.15, 0.2) is 18.2 Å². The summed E-state index contributed by atoms with van der Waals surface area (Å²) >= 11 is 12.0. The number of halogens is 2. The number of carbonyl (C=O) groups is 1. The molecule has 4 saturated carbocycles. The predicted molar refractivity (Wildman–Crippen MR) is 95.0 cm³/mol. The standard InChI is InChI=1S/C19H23Cl2NO2/c20-15-4-14(5-16(21)6-15)17(23)10-22-18(24)19-7-11-1-12(8-19)3-13(2-11)9-19/h4-6,11-13,17,23H,1-3,7-10H2,(H,22,24). The molecule has 3 nitrogen and oxygen atoms in total. The summed E-state index contributed by atoms with van der Waals surface area (Å²) in [6, 6.07) is 5.01. The molecule has 1 atom stereocenters. The van der Waals surface area contributed by atoms with Gasteiger partial charge in [-0.25, -0.2) is 0 Å². The van der Waals surface area contributed by atoms with Crippen molar-refractivity contribution in [2.45, 2.75) is 44.6 Å². The van der Waals surface area contributed by atoms with Crippen LogP contribution in [0.2, 0.25) is 10.0 Å². The van der Waals surface area contributed by atoms with E-state index in [0.29, 0.717) is 15.6 Å². The van der Waals surface area contributed by atoms with Gasteiger partial charge in [0.15, 0.2) is 0 Å². The second-order valence-electron chi connectivity index (χ2n) is 8.13. The van der Waals surface area contributed by atoms with Crippen molar-refractivity contribution >= 4 is 29.1 Å². The number of amides is 1. The molecule has 130 valence electrons. The predicted octanol–water partition coefficient (Wildman–Crippen LogP) is 4.36. The van der Waals surface area contributed by atoms with Gasteiger partial charge in [0.05, 0.1) is 6.10 Å². The van der Waals surface area contributed by atoms with E-state index in [0.717, 1.165) is 37.0 Å². The summed E-state index contributed by atoms with van der Waals surface area (Å²) in [5.74, 6) is 2.34. The molecule has 1 aromatic carbocycles. The van der Waals surface area contributed by atoms with Gasteiger partial charge >= 0.3 is 0 Å². The van der Waals surface area contributed by atoms with E-state index in [9.17, 15) is 9.90 Å². The Hall–Kier alpha value is -0.770. The minimum Gasteiger partial charge on any atom is -0.387 e. The minimum absolute atomic E-state index is 0.133.